The van der Waals surface area contributed by atoms with Crippen LogP contribution in [0.3, 0.4) is 0 Å². The molecule has 0 saturated carbocycles. The summed E-state index contributed by atoms with van der Waals surface area (Å²) in [5, 5.41) is 8.91. The maximum atomic E-state index is 13.4. The van der Waals surface area contributed by atoms with Gasteiger partial charge in [-0.25, -0.2) is 4.39 Å². The van der Waals surface area contributed by atoms with Gasteiger partial charge in [0.1, 0.15) is 5.82 Å². The minimum atomic E-state index is -0.218. The molecule has 1 saturated heterocycles. The largest absolute Gasteiger partial charge is 0.363 e. The van der Waals surface area contributed by atoms with E-state index in [2.05, 4.69) is 29.7 Å². The third kappa shape index (κ3) is 2.87. The van der Waals surface area contributed by atoms with E-state index in [-0.39, 0.29) is 17.4 Å². The molecule has 1 aliphatic rings. The Balaban J connectivity index is 2.29. The van der Waals surface area contributed by atoms with Gasteiger partial charge in [-0.05, 0) is 39.1 Å². The summed E-state index contributed by atoms with van der Waals surface area (Å²) >= 11 is 0. The second-order valence-electron chi connectivity index (χ2n) is 5.83. The van der Waals surface area contributed by atoms with Crippen LogP contribution in [0.5, 0.6) is 0 Å². The average Bonchev–Trinajstić information content (AvgIpc) is 2.32. The summed E-state index contributed by atoms with van der Waals surface area (Å²) in [6.45, 7) is 5.91. The number of piperazine rings is 1. The fraction of sp³-hybridized carbons (Fsp3) is 0.533. The topological polar surface area (TPSA) is 30.3 Å². The molecule has 1 fully saturated rings. The lowest BCUT2D eigenvalue weighted by atomic mass is 9.94. The molecule has 2 rings (SSSR count). The van der Waals surface area contributed by atoms with E-state index in [4.69, 9.17) is 5.26 Å². The van der Waals surface area contributed by atoms with E-state index in [1.54, 1.807) is 12.1 Å². The van der Waals surface area contributed by atoms with E-state index in [9.17, 15) is 4.39 Å². The van der Waals surface area contributed by atoms with Crippen molar-refractivity contribution < 1.29 is 4.39 Å². The predicted octanol–water partition coefficient (Wildman–Crippen LogP) is 2.64. The van der Waals surface area contributed by atoms with Gasteiger partial charge >= 0.3 is 0 Å². The lowest BCUT2D eigenvalue weighted by Gasteiger charge is -2.51. The maximum absolute atomic E-state index is 13.4. The molecule has 0 spiro atoms. The van der Waals surface area contributed by atoms with Crippen LogP contribution in [-0.4, -0.2) is 36.6 Å². The molecule has 0 radical (unpaired) electrons. The van der Waals surface area contributed by atoms with Crippen molar-refractivity contribution in [1.29, 1.82) is 5.26 Å². The normalized spacial score (nSPS) is 23.1. The molecule has 4 heteroatoms. The fourth-order valence-corrected chi connectivity index (χ4v) is 2.85. The quantitative estimate of drug-likeness (QED) is 0.820. The van der Waals surface area contributed by atoms with E-state index >= 15 is 0 Å². The van der Waals surface area contributed by atoms with Crippen LogP contribution in [0.25, 0.3) is 0 Å². The number of likely N-dealkylation sites (N-methyl/N-ethyl adjacent to an activating group) is 1. The number of anilines is 1. The average molecular weight is 261 g/mol. The first-order valence-electron chi connectivity index (χ1n) is 6.54. The minimum absolute atomic E-state index is 0.0749. The number of rotatable bonds is 2. The molecule has 0 aromatic heterocycles. The van der Waals surface area contributed by atoms with Gasteiger partial charge in [-0.15, -0.1) is 0 Å². The highest BCUT2D eigenvalue weighted by molar-refractivity contribution is 5.50. The van der Waals surface area contributed by atoms with Gasteiger partial charge in [0.25, 0.3) is 0 Å². The molecule has 3 nitrogen and oxygen atoms in total. The summed E-state index contributed by atoms with van der Waals surface area (Å²) in [5.74, 6) is -0.218. The zero-order chi connectivity index (χ0) is 14.0. The number of nitrogens with zero attached hydrogens (tertiary/aromatic N) is 3. The first kappa shape index (κ1) is 13.8. The van der Waals surface area contributed by atoms with Crippen LogP contribution in [0.2, 0.25) is 0 Å². The number of benzene rings is 1. The summed E-state index contributed by atoms with van der Waals surface area (Å²) in [4.78, 5) is 4.43. The second-order valence-corrected chi connectivity index (χ2v) is 5.83. The molecule has 19 heavy (non-hydrogen) atoms. The van der Waals surface area contributed by atoms with Crippen molar-refractivity contribution in [3.63, 3.8) is 0 Å². The predicted molar refractivity (Wildman–Crippen MR) is 74.5 cm³/mol. The van der Waals surface area contributed by atoms with Crippen molar-refractivity contribution in [1.82, 2.24) is 4.90 Å². The van der Waals surface area contributed by atoms with Crippen LogP contribution in [0, 0.1) is 17.1 Å². The monoisotopic (exact) mass is 261 g/mol. The zero-order valence-electron chi connectivity index (χ0n) is 11.7. The van der Waals surface area contributed by atoms with Crippen LogP contribution in [0.15, 0.2) is 24.3 Å². The Bertz CT molecular complexity index is 492. The van der Waals surface area contributed by atoms with E-state index in [1.165, 1.54) is 6.07 Å². The highest BCUT2D eigenvalue weighted by Gasteiger charge is 2.37. The Morgan fingerprint density at radius 2 is 2.21 bits per heavy atom. The van der Waals surface area contributed by atoms with Gasteiger partial charge in [0.2, 0.25) is 0 Å². The number of halogens is 1. The molecule has 0 N–H and O–H groups in total. The standard InChI is InChI=1S/C15H20FN3/c1-15(2)11-18(3)14(7-8-17)10-19(15)13-6-4-5-12(16)9-13/h4-6,9,14H,7,10-11H2,1-3H3. The van der Waals surface area contributed by atoms with Crippen molar-refractivity contribution in [3.05, 3.63) is 30.1 Å². The molecular weight excluding hydrogens is 241 g/mol. The molecule has 1 heterocycles. The Labute approximate surface area is 114 Å². The van der Waals surface area contributed by atoms with Crippen molar-refractivity contribution in [2.24, 2.45) is 0 Å². The van der Waals surface area contributed by atoms with Gasteiger partial charge in [-0.3, -0.25) is 4.90 Å². The molecule has 1 aromatic carbocycles. The van der Waals surface area contributed by atoms with Gasteiger partial charge in [-0.1, -0.05) is 6.07 Å². The van der Waals surface area contributed by atoms with Crippen LogP contribution >= 0.6 is 0 Å². The Morgan fingerprint density at radius 3 is 2.84 bits per heavy atom. The fourth-order valence-electron chi connectivity index (χ4n) is 2.85. The second kappa shape index (κ2) is 5.18. The number of hydrogen-bond acceptors (Lipinski definition) is 3. The lowest BCUT2D eigenvalue weighted by Crippen LogP contribution is -2.62. The first-order valence-corrected chi connectivity index (χ1v) is 6.54. The molecule has 0 bridgehead atoms. The van der Waals surface area contributed by atoms with E-state index in [1.807, 2.05) is 13.1 Å². The lowest BCUT2D eigenvalue weighted by molar-refractivity contribution is 0.153. The minimum Gasteiger partial charge on any atom is -0.363 e. The third-order valence-corrected chi connectivity index (χ3v) is 3.83. The SMILES string of the molecule is CN1CC(C)(C)N(c2cccc(F)c2)CC1CC#N. The number of nitriles is 1. The molecule has 0 amide bonds. The van der Waals surface area contributed by atoms with E-state index < -0.39 is 0 Å². The Kier molecular flexibility index (Phi) is 3.77. The Morgan fingerprint density at radius 1 is 1.47 bits per heavy atom. The Hall–Kier alpha value is -1.60. The highest BCUT2D eigenvalue weighted by Crippen LogP contribution is 2.30. The molecule has 1 aromatic rings. The molecule has 0 aliphatic carbocycles. The third-order valence-electron chi connectivity index (χ3n) is 3.83. The summed E-state index contributed by atoms with van der Waals surface area (Å²) in [6, 6.07) is 9.12. The van der Waals surface area contributed by atoms with Crippen molar-refractivity contribution in [2.75, 3.05) is 25.0 Å². The van der Waals surface area contributed by atoms with Crippen LogP contribution < -0.4 is 4.90 Å². The van der Waals surface area contributed by atoms with Crippen LogP contribution in [-0.2, 0) is 0 Å². The summed E-state index contributed by atoms with van der Waals surface area (Å²) < 4.78 is 13.4. The number of hydrogen-bond donors (Lipinski definition) is 0. The molecule has 1 atom stereocenters. The zero-order valence-corrected chi connectivity index (χ0v) is 11.7. The van der Waals surface area contributed by atoms with Gasteiger partial charge < -0.3 is 4.90 Å². The smallest absolute Gasteiger partial charge is 0.125 e. The van der Waals surface area contributed by atoms with Crippen molar-refractivity contribution in [2.45, 2.75) is 31.8 Å². The van der Waals surface area contributed by atoms with Crippen molar-refractivity contribution >= 4 is 5.69 Å². The summed E-state index contributed by atoms with van der Waals surface area (Å²) in [7, 11) is 2.05. The highest BCUT2D eigenvalue weighted by atomic mass is 19.1. The summed E-state index contributed by atoms with van der Waals surface area (Å²) in [6.07, 6.45) is 0.498. The molecule has 1 aliphatic heterocycles. The molecular formula is C15H20FN3. The molecule has 102 valence electrons. The van der Waals surface area contributed by atoms with Gasteiger partial charge in [0, 0.05) is 30.4 Å². The molecule has 1 unspecified atom stereocenters. The summed E-state index contributed by atoms with van der Waals surface area (Å²) in [5.41, 5.74) is 0.815. The van der Waals surface area contributed by atoms with Gasteiger partial charge in [0.15, 0.2) is 0 Å². The van der Waals surface area contributed by atoms with E-state index in [0.717, 1.165) is 18.8 Å². The maximum Gasteiger partial charge on any atom is 0.125 e. The first-order chi connectivity index (χ1) is 8.94. The van der Waals surface area contributed by atoms with Crippen molar-refractivity contribution in [3.8, 4) is 6.07 Å². The van der Waals surface area contributed by atoms with Gasteiger partial charge in [0.05, 0.1) is 12.5 Å². The van der Waals surface area contributed by atoms with Gasteiger partial charge in [-0.2, -0.15) is 5.26 Å². The van der Waals surface area contributed by atoms with Crippen LogP contribution in [0.4, 0.5) is 10.1 Å². The van der Waals surface area contributed by atoms with Crippen LogP contribution in [0.1, 0.15) is 20.3 Å². The van der Waals surface area contributed by atoms with E-state index in [0.29, 0.717) is 6.42 Å².